The van der Waals surface area contributed by atoms with Gasteiger partial charge in [-0.25, -0.2) is 4.79 Å². The quantitative estimate of drug-likeness (QED) is 0.652. The molecule has 1 aromatic rings. The lowest BCUT2D eigenvalue weighted by Crippen LogP contribution is -2.48. The summed E-state index contributed by atoms with van der Waals surface area (Å²) < 4.78 is 0. The Morgan fingerprint density at radius 2 is 1.82 bits per heavy atom. The number of aliphatic hydroxyl groups is 1. The summed E-state index contributed by atoms with van der Waals surface area (Å²) in [5, 5.41) is 25.4. The van der Waals surface area contributed by atoms with Crippen molar-refractivity contribution in [3.63, 3.8) is 0 Å². The minimum Gasteiger partial charge on any atom is -0.508 e. The molecule has 0 heterocycles. The van der Waals surface area contributed by atoms with Crippen molar-refractivity contribution in [1.29, 1.82) is 0 Å². The van der Waals surface area contributed by atoms with Gasteiger partial charge >= 0.3 is 6.03 Å². The molecule has 0 saturated heterocycles. The molecule has 0 spiro atoms. The van der Waals surface area contributed by atoms with Crippen LogP contribution in [0.2, 0.25) is 0 Å². The zero-order valence-corrected chi connectivity index (χ0v) is 13.5. The van der Waals surface area contributed by atoms with E-state index in [-0.39, 0.29) is 17.3 Å². The first-order valence-corrected chi connectivity index (χ1v) is 7.87. The smallest absolute Gasteiger partial charge is 0.315 e. The average molecular weight is 306 g/mol. The standard InChI is InChI=1S/C17H26N2O3/c1-11(2)10-17(8-9-17)19-16(22)18-12(3)15(21)13-4-6-14(20)7-5-13/h4-7,11-12,15,20-21H,8-10H2,1-3H3,(H2,18,19,22)/t12-,15-/m0/s1. The number of phenols is 1. The molecule has 2 rings (SSSR count). The largest absolute Gasteiger partial charge is 0.508 e. The van der Waals surface area contributed by atoms with Crippen molar-refractivity contribution in [3.8, 4) is 5.75 Å². The third kappa shape index (κ3) is 4.37. The maximum Gasteiger partial charge on any atom is 0.315 e. The molecule has 0 bridgehead atoms. The van der Waals surface area contributed by atoms with Crippen LogP contribution in [0.3, 0.4) is 0 Å². The van der Waals surface area contributed by atoms with Gasteiger partial charge in [0.05, 0.1) is 12.1 Å². The molecule has 2 atom stereocenters. The number of urea groups is 1. The first kappa shape index (κ1) is 16.6. The highest BCUT2D eigenvalue weighted by molar-refractivity contribution is 5.75. The highest BCUT2D eigenvalue weighted by Gasteiger charge is 2.44. The second-order valence-electron chi connectivity index (χ2n) is 6.80. The molecule has 1 aliphatic rings. The van der Waals surface area contributed by atoms with E-state index in [2.05, 4.69) is 24.5 Å². The molecule has 1 aromatic carbocycles. The van der Waals surface area contributed by atoms with Gasteiger partial charge in [0.15, 0.2) is 0 Å². The van der Waals surface area contributed by atoms with Gasteiger partial charge in [-0.15, -0.1) is 0 Å². The molecule has 2 amide bonds. The van der Waals surface area contributed by atoms with E-state index in [9.17, 15) is 15.0 Å². The van der Waals surface area contributed by atoms with E-state index in [1.54, 1.807) is 19.1 Å². The number of benzene rings is 1. The Morgan fingerprint density at radius 1 is 1.23 bits per heavy atom. The SMILES string of the molecule is CC(C)CC1(NC(=O)N[C@@H](C)[C@H](O)c2ccc(O)cc2)CC1. The Bertz CT molecular complexity index is 509. The highest BCUT2D eigenvalue weighted by Crippen LogP contribution is 2.40. The summed E-state index contributed by atoms with van der Waals surface area (Å²) in [5.74, 6) is 0.696. The van der Waals surface area contributed by atoms with Crippen LogP contribution < -0.4 is 10.6 Å². The molecule has 1 fully saturated rings. The normalized spacial score (nSPS) is 18.6. The van der Waals surface area contributed by atoms with E-state index in [0.29, 0.717) is 11.5 Å². The van der Waals surface area contributed by atoms with Crippen LogP contribution >= 0.6 is 0 Å². The van der Waals surface area contributed by atoms with Gasteiger partial charge in [0, 0.05) is 5.54 Å². The molecule has 1 aliphatic carbocycles. The van der Waals surface area contributed by atoms with Crippen LogP contribution in [-0.4, -0.2) is 27.8 Å². The number of amides is 2. The molecule has 5 heteroatoms. The summed E-state index contributed by atoms with van der Waals surface area (Å²) in [5.41, 5.74) is 0.607. The van der Waals surface area contributed by atoms with Crippen molar-refractivity contribution in [3.05, 3.63) is 29.8 Å². The van der Waals surface area contributed by atoms with Gasteiger partial charge in [-0.3, -0.25) is 0 Å². The van der Waals surface area contributed by atoms with Crippen molar-refractivity contribution in [1.82, 2.24) is 10.6 Å². The summed E-state index contributed by atoms with van der Waals surface area (Å²) >= 11 is 0. The van der Waals surface area contributed by atoms with Crippen molar-refractivity contribution >= 4 is 6.03 Å². The zero-order chi connectivity index (χ0) is 16.3. The minimum atomic E-state index is -0.813. The first-order chi connectivity index (χ1) is 10.3. The number of phenolic OH excluding ortho intramolecular Hbond substituents is 1. The van der Waals surface area contributed by atoms with Crippen LogP contribution in [0.15, 0.2) is 24.3 Å². The molecule has 122 valence electrons. The molecule has 0 unspecified atom stereocenters. The molecular formula is C17H26N2O3. The predicted molar refractivity (Wildman–Crippen MR) is 85.6 cm³/mol. The van der Waals surface area contributed by atoms with Crippen LogP contribution in [0, 0.1) is 5.92 Å². The number of carbonyl (C=O) groups is 1. The summed E-state index contributed by atoms with van der Waals surface area (Å²) in [6.07, 6.45) is 2.21. The fourth-order valence-electron chi connectivity index (χ4n) is 2.84. The van der Waals surface area contributed by atoms with Gasteiger partial charge < -0.3 is 20.8 Å². The molecule has 22 heavy (non-hydrogen) atoms. The van der Waals surface area contributed by atoms with E-state index in [1.165, 1.54) is 12.1 Å². The molecular weight excluding hydrogens is 280 g/mol. The Kier molecular flexibility index (Phi) is 4.96. The van der Waals surface area contributed by atoms with Crippen LogP contribution in [-0.2, 0) is 0 Å². The predicted octanol–water partition coefficient (Wildman–Crippen LogP) is 2.69. The number of aromatic hydroxyl groups is 1. The molecule has 0 aromatic heterocycles. The van der Waals surface area contributed by atoms with Crippen LogP contribution in [0.25, 0.3) is 0 Å². The lowest BCUT2D eigenvalue weighted by molar-refractivity contribution is 0.136. The topological polar surface area (TPSA) is 81.6 Å². The molecule has 1 saturated carbocycles. The number of rotatable bonds is 6. The minimum absolute atomic E-state index is 0.0541. The van der Waals surface area contributed by atoms with Gasteiger partial charge in [0.25, 0.3) is 0 Å². The third-order valence-electron chi connectivity index (χ3n) is 4.10. The van der Waals surface area contributed by atoms with Crippen molar-refractivity contribution < 1.29 is 15.0 Å². The fraction of sp³-hybridized carbons (Fsp3) is 0.588. The van der Waals surface area contributed by atoms with Crippen LogP contribution in [0.1, 0.15) is 51.7 Å². The second kappa shape index (κ2) is 6.57. The fourth-order valence-corrected chi connectivity index (χ4v) is 2.84. The van der Waals surface area contributed by atoms with Gasteiger partial charge in [0.2, 0.25) is 0 Å². The highest BCUT2D eigenvalue weighted by atomic mass is 16.3. The van der Waals surface area contributed by atoms with Gasteiger partial charge in [0.1, 0.15) is 5.75 Å². The Labute approximate surface area is 131 Å². The molecule has 5 nitrogen and oxygen atoms in total. The maximum absolute atomic E-state index is 12.1. The Morgan fingerprint density at radius 3 is 2.32 bits per heavy atom. The molecule has 0 radical (unpaired) electrons. The zero-order valence-electron chi connectivity index (χ0n) is 13.5. The molecule has 4 N–H and O–H groups in total. The van der Waals surface area contributed by atoms with Crippen molar-refractivity contribution in [2.75, 3.05) is 0 Å². The summed E-state index contributed by atoms with van der Waals surface area (Å²) in [6.45, 7) is 6.06. The van der Waals surface area contributed by atoms with Gasteiger partial charge in [-0.05, 0) is 49.8 Å². The molecule has 0 aliphatic heterocycles. The van der Waals surface area contributed by atoms with E-state index in [1.807, 2.05) is 0 Å². The van der Waals surface area contributed by atoms with Gasteiger partial charge in [-0.1, -0.05) is 26.0 Å². The number of carbonyl (C=O) groups excluding carboxylic acids is 1. The summed E-state index contributed by atoms with van der Waals surface area (Å²) in [4.78, 5) is 12.1. The third-order valence-corrected chi connectivity index (χ3v) is 4.10. The van der Waals surface area contributed by atoms with E-state index in [0.717, 1.165) is 19.3 Å². The lowest BCUT2D eigenvalue weighted by Gasteiger charge is -2.24. The lowest BCUT2D eigenvalue weighted by atomic mass is 10.0. The number of hydrogen-bond donors (Lipinski definition) is 4. The maximum atomic E-state index is 12.1. The van der Waals surface area contributed by atoms with E-state index >= 15 is 0 Å². The number of nitrogens with one attached hydrogen (secondary N) is 2. The van der Waals surface area contributed by atoms with Crippen LogP contribution in [0.5, 0.6) is 5.75 Å². The second-order valence-corrected chi connectivity index (χ2v) is 6.80. The Hall–Kier alpha value is -1.75. The van der Waals surface area contributed by atoms with Crippen molar-refractivity contribution in [2.45, 2.75) is 57.7 Å². The number of hydrogen-bond acceptors (Lipinski definition) is 3. The summed E-state index contributed by atoms with van der Waals surface area (Å²) in [6, 6.07) is 5.69. The van der Waals surface area contributed by atoms with E-state index < -0.39 is 12.1 Å². The van der Waals surface area contributed by atoms with E-state index in [4.69, 9.17) is 0 Å². The van der Waals surface area contributed by atoms with Crippen molar-refractivity contribution in [2.24, 2.45) is 5.92 Å². The first-order valence-electron chi connectivity index (χ1n) is 7.87. The Balaban J connectivity index is 1.87. The summed E-state index contributed by atoms with van der Waals surface area (Å²) in [7, 11) is 0. The van der Waals surface area contributed by atoms with Gasteiger partial charge in [-0.2, -0.15) is 0 Å². The number of aliphatic hydroxyl groups excluding tert-OH is 1. The van der Waals surface area contributed by atoms with Crippen LogP contribution in [0.4, 0.5) is 4.79 Å². The monoisotopic (exact) mass is 306 g/mol. The average Bonchev–Trinajstić information content (AvgIpc) is 3.16.